The molecule has 0 radical (unpaired) electrons. The van der Waals surface area contributed by atoms with Crippen LogP contribution in [0, 0.1) is 0 Å². The van der Waals surface area contributed by atoms with Gasteiger partial charge in [-0.25, -0.2) is 13.1 Å². The molecule has 0 saturated heterocycles. The number of nitrogens with two attached hydrogens (primary N) is 1. The Morgan fingerprint density at radius 1 is 1.47 bits per heavy atom. The molecular formula is C12H17BrN2O3S. The maximum Gasteiger partial charge on any atom is 0.241 e. The van der Waals surface area contributed by atoms with Crippen LogP contribution >= 0.6 is 15.9 Å². The summed E-state index contributed by atoms with van der Waals surface area (Å²) < 4.78 is 33.0. The first-order chi connectivity index (χ1) is 8.96. The molecule has 0 aromatic heterocycles. The molecule has 0 atom stereocenters. The molecule has 1 fully saturated rings. The highest BCUT2D eigenvalue weighted by Gasteiger charge is 2.33. The molecule has 7 heteroatoms. The van der Waals surface area contributed by atoms with Crippen LogP contribution in [0.2, 0.25) is 0 Å². The summed E-state index contributed by atoms with van der Waals surface area (Å²) in [6, 6.07) is 5.05. The molecule has 0 unspecified atom stereocenters. The summed E-state index contributed by atoms with van der Waals surface area (Å²) in [5, 5.41) is 0. The van der Waals surface area contributed by atoms with E-state index in [0.717, 1.165) is 5.56 Å². The van der Waals surface area contributed by atoms with Crippen LogP contribution in [-0.2, 0) is 21.3 Å². The number of hydrogen-bond donors (Lipinski definition) is 2. The van der Waals surface area contributed by atoms with Gasteiger partial charge in [-0.15, -0.1) is 0 Å². The van der Waals surface area contributed by atoms with Crippen molar-refractivity contribution in [3.63, 3.8) is 0 Å². The lowest BCUT2D eigenvalue weighted by Gasteiger charge is -2.34. The lowest BCUT2D eigenvalue weighted by Crippen LogP contribution is -2.47. The Bertz CT molecular complexity index is 556. The van der Waals surface area contributed by atoms with Gasteiger partial charge < -0.3 is 10.5 Å². The number of rotatable bonds is 5. The monoisotopic (exact) mass is 348 g/mol. The molecule has 1 saturated carbocycles. The molecule has 0 spiro atoms. The van der Waals surface area contributed by atoms with Gasteiger partial charge in [0.15, 0.2) is 0 Å². The van der Waals surface area contributed by atoms with E-state index in [1.165, 1.54) is 0 Å². The Kier molecular flexibility index (Phi) is 4.62. The fourth-order valence-electron chi connectivity index (χ4n) is 2.02. The third-order valence-corrected chi connectivity index (χ3v) is 5.79. The van der Waals surface area contributed by atoms with Crippen LogP contribution in [0.15, 0.2) is 27.6 Å². The molecule has 1 aromatic carbocycles. The summed E-state index contributed by atoms with van der Waals surface area (Å²) in [6.45, 7) is 0.310. The summed E-state index contributed by atoms with van der Waals surface area (Å²) in [4.78, 5) is 0.233. The Morgan fingerprint density at radius 3 is 2.74 bits per heavy atom. The van der Waals surface area contributed by atoms with Crippen LogP contribution in [0.4, 0.5) is 0 Å². The summed E-state index contributed by atoms with van der Waals surface area (Å²) in [7, 11) is -1.89. The first kappa shape index (κ1) is 14.9. The molecule has 0 heterocycles. The minimum Gasteiger partial charge on any atom is -0.381 e. The molecule has 19 heavy (non-hydrogen) atoms. The van der Waals surface area contributed by atoms with E-state index in [9.17, 15) is 8.42 Å². The smallest absolute Gasteiger partial charge is 0.241 e. The Hall–Kier alpha value is -0.470. The maximum absolute atomic E-state index is 12.3. The van der Waals surface area contributed by atoms with Gasteiger partial charge in [0.2, 0.25) is 10.0 Å². The second-order valence-electron chi connectivity index (χ2n) is 4.62. The average molecular weight is 349 g/mol. The highest BCUT2D eigenvalue weighted by molar-refractivity contribution is 9.10. The highest BCUT2D eigenvalue weighted by Crippen LogP contribution is 2.27. The Balaban J connectivity index is 2.15. The van der Waals surface area contributed by atoms with Crippen molar-refractivity contribution in [3.8, 4) is 0 Å². The number of benzene rings is 1. The topological polar surface area (TPSA) is 81.4 Å². The van der Waals surface area contributed by atoms with Crippen LogP contribution in [-0.4, -0.2) is 27.7 Å². The summed E-state index contributed by atoms with van der Waals surface area (Å²) in [5.74, 6) is 0. The van der Waals surface area contributed by atoms with Crippen molar-refractivity contribution in [1.29, 1.82) is 0 Å². The molecule has 106 valence electrons. The van der Waals surface area contributed by atoms with E-state index < -0.39 is 10.0 Å². The fourth-order valence-corrected chi connectivity index (χ4v) is 4.29. The number of ether oxygens (including phenoxy) is 1. The van der Waals surface area contributed by atoms with Gasteiger partial charge in [0, 0.05) is 24.2 Å². The number of nitrogens with one attached hydrogen (secondary N) is 1. The molecule has 0 aliphatic heterocycles. The standard InChI is InChI=1S/C12H17BrN2O3S/c1-18-10-5-9(6-10)15-19(16,17)12-4-8(7-14)2-3-11(12)13/h2-4,9-10,15H,5-7,14H2,1H3. The Morgan fingerprint density at radius 2 is 2.16 bits per heavy atom. The summed E-state index contributed by atoms with van der Waals surface area (Å²) in [5.41, 5.74) is 6.32. The molecule has 1 aromatic rings. The number of methoxy groups -OCH3 is 1. The molecule has 1 aliphatic carbocycles. The van der Waals surface area contributed by atoms with Crippen LogP contribution in [0.3, 0.4) is 0 Å². The van der Waals surface area contributed by atoms with Gasteiger partial charge in [-0.1, -0.05) is 6.07 Å². The van der Waals surface area contributed by atoms with Gasteiger partial charge in [-0.05, 0) is 46.5 Å². The number of sulfonamides is 1. The van der Waals surface area contributed by atoms with Crippen LogP contribution in [0.1, 0.15) is 18.4 Å². The first-order valence-corrected chi connectivity index (χ1v) is 8.27. The minimum atomic E-state index is -3.52. The zero-order valence-corrected chi connectivity index (χ0v) is 13.0. The van der Waals surface area contributed by atoms with E-state index in [1.807, 2.05) is 0 Å². The molecule has 1 aliphatic rings. The first-order valence-electron chi connectivity index (χ1n) is 6.00. The summed E-state index contributed by atoms with van der Waals surface area (Å²) in [6.07, 6.45) is 1.58. The van der Waals surface area contributed by atoms with Crippen molar-refractivity contribution in [2.75, 3.05) is 7.11 Å². The second-order valence-corrected chi connectivity index (χ2v) is 7.15. The second kappa shape index (κ2) is 5.88. The van der Waals surface area contributed by atoms with E-state index in [-0.39, 0.29) is 17.0 Å². The molecule has 0 bridgehead atoms. The predicted molar refractivity (Wildman–Crippen MR) is 76.2 cm³/mol. The summed E-state index contributed by atoms with van der Waals surface area (Å²) >= 11 is 3.27. The van der Waals surface area contributed by atoms with Crippen molar-refractivity contribution in [3.05, 3.63) is 28.2 Å². The Labute approximate surface area is 121 Å². The molecular weight excluding hydrogens is 332 g/mol. The highest BCUT2D eigenvalue weighted by atomic mass is 79.9. The van der Waals surface area contributed by atoms with Crippen LogP contribution in [0.25, 0.3) is 0 Å². The van der Waals surface area contributed by atoms with Gasteiger partial charge >= 0.3 is 0 Å². The normalized spacial score (nSPS) is 23.1. The van der Waals surface area contributed by atoms with E-state index in [1.54, 1.807) is 25.3 Å². The largest absolute Gasteiger partial charge is 0.381 e. The lowest BCUT2D eigenvalue weighted by atomic mass is 9.90. The van der Waals surface area contributed by atoms with Crippen molar-refractivity contribution < 1.29 is 13.2 Å². The van der Waals surface area contributed by atoms with Crippen molar-refractivity contribution in [1.82, 2.24) is 4.72 Å². The molecule has 3 N–H and O–H groups in total. The van der Waals surface area contributed by atoms with E-state index in [0.29, 0.717) is 23.9 Å². The molecule has 2 rings (SSSR count). The van der Waals surface area contributed by atoms with E-state index in [4.69, 9.17) is 10.5 Å². The zero-order chi connectivity index (χ0) is 14.0. The van der Waals surface area contributed by atoms with Gasteiger partial charge in [0.25, 0.3) is 0 Å². The fraction of sp³-hybridized carbons (Fsp3) is 0.500. The molecule has 0 amide bonds. The quantitative estimate of drug-likeness (QED) is 0.841. The van der Waals surface area contributed by atoms with Crippen molar-refractivity contribution >= 4 is 26.0 Å². The molecule has 5 nitrogen and oxygen atoms in total. The van der Waals surface area contributed by atoms with Crippen molar-refractivity contribution in [2.45, 2.75) is 36.4 Å². The third kappa shape index (κ3) is 3.35. The maximum atomic E-state index is 12.3. The van der Waals surface area contributed by atoms with Crippen LogP contribution in [0.5, 0.6) is 0 Å². The SMILES string of the molecule is COC1CC(NS(=O)(=O)c2cc(CN)ccc2Br)C1. The third-order valence-electron chi connectivity index (χ3n) is 3.27. The predicted octanol–water partition coefficient (Wildman–Crippen LogP) is 1.36. The van der Waals surface area contributed by atoms with Crippen LogP contribution < -0.4 is 10.5 Å². The van der Waals surface area contributed by atoms with Crippen molar-refractivity contribution in [2.24, 2.45) is 5.73 Å². The zero-order valence-electron chi connectivity index (χ0n) is 10.6. The van der Waals surface area contributed by atoms with Gasteiger partial charge in [-0.2, -0.15) is 0 Å². The number of hydrogen-bond acceptors (Lipinski definition) is 4. The van der Waals surface area contributed by atoms with Gasteiger partial charge in [0.05, 0.1) is 11.0 Å². The minimum absolute atomic E-state index is 0.0524. The van der Waals surface area contributed by atoms with E-state index >= 15 is 0 Å². The average Bonchev–Trinajstić information content (AvgIpc) is 2.33. The van der Waals surface area contributed by atoms with Gasteiger partial charge in [0.1, 0.15) is 0 Å². The lowest BCUT2D eigenvalue weighted by molar-refractivity contribution is 0.0236. The van der Waals surface area contributed by atoms with E-state index in [2.05, 4.69) is 20.7 Å². The van der Waals surface area contributed by atoms with Gasteiger partial charge in [-0.3, -0.25) is 0 Å². The number of halogens is 1.